The Labute approximate surface area is 178 Å². The first-order chi connectivity index (χ1) is 14.1. The quantitative estimate of drug-likeness (QED) is 0.820. The van der Waals surface area contributed by atoms with Gasteiger partial charge < -0.3 is 5.11 Å². The molecule has 4 fully saturated rings. The summed E-state index contributed by atoms with van der Waals surface area (Å²) in [5.41, 5.74) is -0.804. The van der Waals surface area contributed by atoms with Crippen LogP contribution in [0.1, 0.15) is 72.1 Å². The molecule has 8 atom stereocenters. The van der Waals surface area contributed by atoms with Gasteiger partial charge in [-0.25, -0.2) is 4.68 Å². The topological polar surface area (TPSA) is 85.1 Å². The lowest BCUT2D eigenvalue weighted by molar-refractivity contribution is -0.168. The van der Waals surface area contributed by atoms with Crippen LogP contribution in [-0.2, 0) is 16.1 Å². The fourth-order valence-electron chi connectivity index (χ4n) is 8.36. The number of hydrogen-bond donors (Lipinski definition) is 1. The van der Waals surface area contributed by atoms with E-state index in [2.05, 4.69) is 24.2 Å². The molecule has 4 aliphatic carbocycles. The molecule has 6 heteroatoms. The van der Waals surface area contributed by atoms with Gasteiger partial charge in [0.1, 0.15) is 12.3 Å². The van der Waals surface area contributed by atoms with E-state index in [0.717, 1.165) is 44.9 Å². The Bertz CT molecular complexity index is 850. The van der Waals surface area contributed by atoms with Crippen LogP contribution in [0.25, 0.3) is 0 Å². The van der Waals surface area contributed by atoms with E-state index >= 15 is 0 Å². The van der Waals surface area contributed by atoms with Gasteiger partial charge in [0.25, 0.3) is 0 Å². The molecular formula is C24H35N3O3. The van der Waals surface area contributed by atoms with Crippen molar-refractivity contribution in [1.82, 2.24) is 15.0 Å². The van der Waals surface area contributed by atoms with Gasteiger partial charge in [0.2, 0.25) is 0 Å². The molecule has 1 N–H and O–H groups in total. The van der Waals surface area contributed by atoms with Crippen LogP contribution in [0.4, 0.5) is 0 Å². The van der Waals surface area contributed by atoms with E-state index in [-0.39, 0.29) is 35.0 Å². The van der Waals surface area contributed by atoms with E-state index in [4.69, 9.17) is 0 Å². The summed E-state index contributed by atoms with van der Waals surface area (Å²) in [7, 11) is 0. The minimum atomic E-state index is -0.588. The lowest BCUT2D eigenvalue weighted by Gasteiger charge is -2.60. The zero-order chi connectivity index (χ0) is 21.3. The van der Waals surface area contributed by atoms with E-state index < -0.39 is 5.60 Å². The third-order valence-corrected chi connectivity index (χ3v) is 9.81. The Morgan fingerprint density at radius 3 is 2.70 bits per heavy atom. The normalized spacial score (nSPS) is 48.0. The Morgan fingerprint density at radius 2 is 1.97 bits per heavy atom. The Hall–Kier alpha value is -1.56. The molecule has 5 rings (SSSR count). The number of hydrogen-bond acceptors (Lipinski definition) is 5. The van der Waals surface area contributed by atoms with Gasteiger partial charge >= 0.3 is 0 Å². The number of aliphatic hydroxyl groups is 1. The highest BCUT2D eigenvalue weighted by atomic mass is 16.3. The van der Waals surface area contributed by atoms with E-state index in [1.165, 1.54) is 0 Å². The van der Waals surface area contributed by atoms with Gasteiger partial charge in [-0.3, -0.25) is 9.59 Å². The molecule has 0 bridgehead atoms. The zero-order valence-corrected chi connectivity index (χ0v) is 18.5. The second-order valence-corrected chi connectivity index (χ2v) is 11.6. The first kappa shape index (κ1) is 20.3. The van der Waals surface area contributed by atoms with Crippen LogP contribution in [0.2, 0.25) is 0 Å². The molecule has 4 aliphatic rings. The number of ketones is 2. The van der Waals surface area contributed by atoms with E-state index in [1.54, 1.807) is 17.1 Å². The van der Waals surface area contributed by atoms with Crippen molar-refractivity contribution in [3.8, 4) is 0 Å². The molecule has 164 valence electrons. The van der Waals surface area contributed by atoms with Gasteiger partial charge in [-0.15, -0.1) is 5.10 Å². The molecule has 30 heavy (non-hydrogen) atoms. The highest BCUT2D eigenvalue weighted by Gasteiger charge is 2.64. The maximum Gasteiger partial charge on any atom is 0.157 e. The molecule has 1 heterocycles. The monoisotopic (exact) mass is 413 g/mol. The third-order valence-electron chi connectivity index (χ3n) is 9.81. The maximum absolute atomic E-state index is 13.7. The first-order valence-corrected chi connectivity index (χ1v) is 11.8. The highest BCUT2D eigenvalue weighted by molar-refractivity contribution is 5.87. The standard InChI is InChI=1S/C24H35N3O3/c1-22(30)8-9-23(2)15(12-22)4-5-16-17-6-7-18(20(29)14-27-11-10-25-26-27)24(17,3)13-19(28)21(16)23/h10-11,15-18,21,30H,4-9,12-14H2,1-3H3/t15-,16-,17-,18+,21+,22+,23-,24-/m0/s1. The summed E-state index contributed by atoms with van der Waals surface area (Å²) in [5, 5.41) is 18.4. The minimum absolute atomic E-state index is 0.00634. The van der Waals surface area contributed by atoms with Crippen molar-refractivity contribution in [2.45, 2.75) is 84.3 Å². The van der Waals surface area contributed by atoms with Gasteiger partial charge in [-0.1, -0.05) is 19.1 Å². The number of fused-ring (bicyclic) bond motifs is 5. The van der Waals surface area contributed by atoms with Gasteiger partial charge in [-0.2, -0.15) is 0 Å². The van der Waals surface area contributed by atoms with E-state index in [9.17, 15) is 14.7 Å². The molecule has 0 aliphatic heterocycles. The Kier molecular flexibility index (Phi) is 4.56. The second-order valence-electron chi connectivity index (χ2n) is 11.6. The van der Waals surface area contributed by atoms with Crippen LogP contribution in [0.3, 0.4) is 0 Å². The summed E-state index contributed by atoms with van der Waals surface area (Å²) >= 11 is 0. The van der Waals surface area contributed by atoms with Crippen LogP contribution in [0.5, 0.6) is 0 Å². The fraction of sp³-hybridized carbons (Fsp3) is 0.833. The molecule has 0 amide bonds. The van der Waals surface area contributed by atoms with E-state index in [1.807, 2.05) is 6.92 Å². The van der Waals surface area contributed by atoms with Crippen molar-refractivity contribution in [3.63, 3.8) is 0 Å². The maximum atomic E-state index is 13.7. The van der Waals surface area contributed by atoms with Crippen LogP contribution in [-0.4, -0.2) is 37.3 Å². The highest BCUT2D eigenvalue weighted by Crippen LogP contribution is 2.67. The van der Waals surface area contributed by atoms with Crippen molar-refractivity contribution >= 4 is 11.6 Å². The number of carbonyl (C=O) groups excluding carboxylic acids is 2. The summed E-state index contributed by atoms with van der Waals surface area (Å²) in [5.74, 6) is 1.90. The van der Waals surface area contributed by atoms with Crippen molar-refractivity contribution in [2.75, 3.05) is 0 Å². The molecule has 0 spiro atoms. The largest absolute Gasteiger partial charge is 0.390 e. The lowest BCUT2D eigenvalue weighted by Crippen LogP contribution is -2.59. The number of Topliss-reactive ketones (excluding diaryl/α,β-unsaturated/α-hetero) is 2. The van der Waals surface area contributed by atoms with Gasteiger partial charge in [-0.05, 0) is 80.5 Å². The molecule has 0 radical (unpaired) electrons. The second kappa shape index (κ2) is 6.72. The van der Waals surface area contributed by atoms with Crippen LogP contribution >= 0.6 is 0 Å². The predicted molar refractivity (Wildman–Crippen MR) is 111 cm³/mol. The van der Waals surface area contributed by atoms with Crippen molar-refractivity contribution < 1.29 is 14.7 Å². The Morgan fingerprint density at radius 1 is 1.17 bits per heavy atom. The Balaban J connectivity index is 1.41. The zero-order valence-electron chi connectivity index (χ0n) is 18.5. The third kappa shape index (κ3) is 2.93. The number of rotatable bonds is 3. The van der Waals surface area contributed by atoms with Gasteiger partial charge in [0, 0.05) is 24.5 Å². The summed E-state index contributed by atoms with van der Waals surface area (Å²) in [6.45, 7) is 6.75. The fourth-order valence-corrected chi connectivity index (χ4v) is 8.36. The molecule has 1 aromatic rings. The lowest BCUT2D eigenvalue weighted by atomic mass is 9.43. The summed E-state index contributed by atoms with van der Waals surface area (Å²) in [6, 6.07) is 0. The first-order valence-electron chi connectivity index (χ1n) is 11.8. The molecule has 1 aromatic heterocycles. The van der Waals surface area contributed by atoms with Gasteiger partial charge in [0.15, 0.2) is 5.78 Å². The molecule has 4 saturated carbocycles. The smallest absolute Gasteiger partial charge is 0.157 e. The van der Waals surface area contributed by atoms with Crippen molar-refractivity contribution in [2.24, 2.45) is 40.4 Å². The summed E-state index contributed by atoms with van der Waals surface area (Å²) < 4.78 is 1.60. The summed E-state index contributed by atoms with van der Waals surface area (Å²) in [4.78, 5) is 26.9. The minimum Gasteiger partial charge on any atom is -0.390 e. The number of nitrogens with zero attached hydrogens (tertiary/aromatic N) is 3. The number of carbonyl (C=O) groups is 2. The SMILES string of the molecule is C[C@@]1(O)CC[C@@]2(C)[C@@H](CC[C@H]3[C@@H]4CC[C@H](C(=O)Cn5ccnn5)[C@@]4(C)CC(=O)[C@@H]32)C1. The number of aromatic nitrogens is 3. The van der Waals surface area contributed by atoms with Crippen molar-refractivity contribution in [3.05, 3.63) is 12.4 Å². The van der Waals surface area contributed by atoms with Crippen LogP contribution in [0.15, 0.2) is 12.4 Å². The molecular weight excluding hydrogens is 378 g/mol. The molecule has 0 saturated heterocycles. The average Bonchev–Trinajstić information content (AvgIpc) is 3.28. The van der Waals surface area contributed by atoms with Crippen molar-refractivity contribution in [1.29, 1.82) is 0 Å². The van der Waals surface area contributed by atoms with Crippen LogP contribution < -0.4 is 0 Å². The molecule has 0 aromatic carbocycles. The molecule has 6 nitrogen and oxygen atoms in total. The molecule has 0 unspecified atom stereocenters. The average molecular weight is 414 g/mol. The van der Waals surface area contributed by atoms with E-state index in [0.29, 0.717) is 30.0 Å². The van der Waals surface area contributed by atoms with Gasteiger partial charge in [0.05, 0.1) is 11.8 Å². The van der Waals surface area contributed by atoms with Crippen LogP contribution in [0, 0.1) is 40.4 Å². The predicted octanol–water partition coefficient (Wildman–Crippen LogP) is 3.44. The summed E-state index contributed by atoms with van der Waals surface area (Å²) in [6.07, 6.45) is 10.5.